The summed E-state index contributed by atoms with van der Waals surface area (Å²) < 4.78 is 0. The standard InChI is InChI=1S/C18H12ClNO/c1-12(15-4-2-3-13(9-15)11-21)17-8-6-14-5-7-16(19)10-18(14)20-17/h2-11H,1H2. The number of benzene rings is 2. The molecule has 0 radical (unpaired) electrons. The molecule has 0 amide bonds. The van der Waals surface area contributed by atoms with Crippen LogP contribution in [0.25, 0.3) is 16.5 Å². The second kappa shape index (κ2) is 5.51. The van der Waals surface area contributed by atoms with Gasteiger partial charge in [-0.2, -0.15) is 0 Å². The molecule has 0 bridgehead atoms. The number of carbonyl (C=O) groups excluding carboxylic acids is 1. The van der Waals surface area contributed by atoms with Gasteiger partial charge >= 0.3 is 0 Å². The molecule has 102 valence electrons. The van der Waals surface area contributed by atoms with Gasteiger partial charge in [0, 0.05) is 21.5 Å². The summed E-state index contributed by atoms with van der Waals surface area (Å²) >= 11 is 6.01. The van der Waals surface area contributed by atoms with Gasteiger partial charge in [0.05, 0.1) is 11.2 Å². The monoisotopic (exact) mass is 293 g/mol. The largest absolute Gasteiger partial charge is 0.298 e. The molecular weight excluding hydrogens is 282 g/mol. The van der Waals surface area contributed by atoms with E-state index in [1.807, 2.05) is 42.5 Å². The number of aromatic nitrogens is 1. The van der Waals surface area contributed by atoms with Crippen LogP contribution in [0.5, 0.6) is 0 Å². The minimum absolute atomic E-state index is 0.623. The second-order valence-corrected chi connectivity index (χ2v) is 5.19. The van der Waals surface area contributed by atoms with E-state index in [0.717, 1.165) is 34.0 Å². The number of aldehydes is 1. The highest BCUT2D eigenvalue weighted by Gasteiger charge is 2.06. The number of hydrogen-bond donors (Lipinski definition) is 0. The van der Waals surface area contributed by atoms with E-state index in [0.29, 0.717) is 10.6 Å². The molecule has 21 heavy (non-hydrogen) atoms. The lowest BCUT2D eigenvalue weighted by molar-refractivity contribution is 0.112. The fraction of sp³-hybridized carbons (Fsp3) is 0. The van der Waals surface area contributed by atoms with Gasteiger partial charge in [0.25, 0.3) is 0 Å². The van der Waals surface area contributed by atoms with Gasteiger partial charge in [-0.15, -0.1) is 0 Å². The van der Waals surface area contributed by atoms with Crippen molar-refractivity contribution in [3.63, 3.8) is 0 Å². The minimum Gasteiger partial charge on any atom is -0.298 e. The number of rotatable bonds is 3. The Balaban J connectivity index is 2.06. The minimum atomic E-state index is 0.623. The molecule has 3 aromatic rings. The van der Waals surface area contributed by atoms with Crippen LogP contribution in [0.15, 0.2) is 61.2 Å². The predicted molar refractivity (Wildman–Crippen MR) is 86.7 cm³/mol. The third-order valence-electron chi connectivity index (χ3n) is 3.33. The van der Waals surface area contributed by atoms with Crippen LogP contribution < -0.4 is 0 Å². The Kier molecular flexibility index (Phi) is 3.55. The molecule has 1 aromatic heterocycles. The SMILES string of the molecule is C=C(c1cccc(C=O)c1)c1ccc2ccc(Cl)cc2n1. The van der Waals surface area contributed by atoms with Crippen molar-refractivity contribution >= 4 is 34.4 Å². The first kappa shape index (κ1) is 13.5. The van der Waals surface area contributed by atoms with E-state index in [4.69, 9.17) is 11.6 Å². The summed E-state index contributed by atoms with van der Waals surface area (Å²) in [6.45, 7) is 4.09. The van der Waals surface area contributed by atoms with E-state index in [1.54, 1.807) is 12.1 Å². The van der Waals surface area contributed by atoms with Crippen molar-refractivity contribution < 1.29 is 4.79 Å². The molecule has 0 saturated heterocycles. The topological polar surface area (TPSA) is 30.0 Å². The second-order valence-electron chi connectivity index (χ2n) is 4.76. The average molecular weight is 294 g/mol. The number of pyridine rings is 1. The van der Waals surface area contributed by atoms with Gasteiger partial charge < -0.3 is 0 Å². The van der Waals surface area contributed by atoms with Crippen LogP contribution >= 0.6 is 11.6 Å². The van der Waals surface area contributed by atoms with Gasteiger partial charge in [-0.25, -0.2) is 4.98 Å². The quantitative estimate of drug-likeness (QED) is 0.652. The number of nitrogens with zero attached hydrogens (tertiary/aromatic N) is 1. The molecule has 0 N–H and O–H groups in total. The lowest BCUT2D eigenvalue weighted by atomic mass is 10.0. The average Bonchev–Trinajstić information content (AvgIpc) is 2.53. The van der Waals surface area contributed by atoms with E-state index in [-0.39, 0.29) is 0 Å². The van der Waals surface area contributed by atoms with Gasteiger partial charge in [0.15, 0.2) is 0 Å². The molecule has 0 atom stereocenters. The van der Waals surface area contributed by atoms with Crippen molar-refractivity contribution in [2.24, 2.45) is 0 Å². The summed E-state index contributed by atoms with van der Waals surface area (Å²) in [6, 6.07) is 16.8. The number of fused-ring (bicyclic) bond motifs is 1. The normalized spacial score (nSPS) is 10.5. The highest BCUT2D eigenvalue weighted by Crippen LogP contribution is 2.24. The van der Waals surface area contributed by atoms with Crippen LogP contribution in [0.3, 0.4) is 0 Å². The van der Waals surface area contributed by atoms with Crippen LogP contribution in [-0.4, -0.2) is 11.3 Å². The Hall–Kier alpha value is -2.45. The number of carbonyl (C=O) groups is 1. The molecule has 3 rings (SSSR count). The molecular formula is C18H12ClNO. The Bertz CT molecular complexity index is 855. The van der Waals surface area contributed by atoms with Gasteiger partial charge in [-0.3, -0.25) is 4.79 Å². The molecule has 0 unspecified atom stereocenters. The molecule has 0 fully saturated rings. The lowest BCUT2D eigenvalue weighted by Crippen LogP contribution is -1.92. The first-order valence-corrected chi connectivity index (χ1v) is 6.86. The molecule has 0 aliphatic rings. The Labute approximate surface area is 127 Å². The van der Waals surface area contributed by atoms with Gasteiger partial charge in [-0.1, -0.05) is 48.5 Å². The Morgan fingerprint density at radius 1 is 1.10 bits per heavy atom. The first-order chi connectivity index (χ1) is 10.2. The summed E-state index contributed by atoms with van der Waals surface area (Å²) in [5, 5.41) is 1.68. The van der Waals surface area contributed by atoms with Crippen LogP contribution in [0, 0.1) is 0 Å². The van der Waals surface area contributed by atoms with E-state index in [2.05, 4.69) is 11.6 Å². The van der Waals surface area contributed by atoms with Crippen molar-refractivity contribution in [2.75, 3.05) is 0 Å². The zero-order valence-corrected chi connectivity index (χ0v) is 12.0. The third kappa shape index (κ3) is 2.71. The maximum Gasteiger partial charge on any atom is 0.150 e. The predicted octanol–water partition coefficient (Wildman–Crippen LogP) is 4.76. The molecule has 0 saturated carbocycles. The molecule has 0 spiro atoms. The molecule has 3 heteroatoms. The van der Waals surface area contributed by atoms with E-state index >= 15 is 0 Å². The van der Waals surface area contributed by atoms with Crippen LogP contribution in [0.4, 0.5) is 0 Å². The Morgan fingerprint density at radius 3 is 2.71 bits per heavy atom. The Morgan fingerprint density at radius 2 is 1.90 bits per heavy atom. The molecule has 1 heterocycles. The van der Waals surface area contributed by atoms with Crippen molar-refractivity contribution in [3.8, 4) is 0 Å². The molecule has 0 aliphatic heterocycles. The molecule has 2 aromatic carbocycles. The van der Waals surface area contributed by atoms with Gasteiger partial charge in [-0.05, 0) is 29.8 Å². The van der Waals surface area contributed by atoms with Gasteiger partial charge in [0.1, 0.15) is 6.29 Å². The zero-order valence-electron chi connectivity index (χ0n) is 11.2. The number of hydrogen-bond acceptors (Lipinski definition) is 2. The van der Waals surface area contributed by atoms with Crippen molar-refractivity contribution in [1.82, 2.24) is 4.98 Å². The summed E-state index contributed by atoms with van der Waals surface area (Å²) in [7, 11) is 0. The first-order valence-electron chi connectivity index (χ1n) is 6.48. The van der Waals surface area contributed by atoms with Gasteiger partial charge in [0.2, 0.25) is 0 Å². The molecule has 2 nitrogen and oxygen atoms in total. The van der Waals surface area contributed by atoms with Crippen LogP contribution in [-0.2, 0) is 0 Å². The van der Waals surface area contributed by atoms with Crippen LogP contribution in [0.1, 0.15) is 21.6 Å². The third-order valence-corrected chi connectivity index (χ3v) is 3.57. The maximum atomic E-state index is 10.9. The van der Waals surface area contributed by atoms with Crippen molar-refractivity contribution in [3.05, 3.63) is 83.0 Å². The fourth-order valence-electron chi connectivity index (χ4n) is 2.21. The highest BCUT2D eigenvalue weighted by atomic mass is 35.5. The summed E-state index contributed by atoms with van der Waals surface area (Å²) in [5.74, 6) is 0. The van der Waals surface area contributed by atoms with E-state index < -0.39 is 0 Å². The maximum absolute atomic E-state index is 10.9. The highest BCUT2D eigenvalue weighted by molar-refractivity contribution is 6.31. The summed E-state index contributed by atoms with van der Waals surface area (Å²) in [6.07, 6.45) is 0.824. The summed E-state index contributed by atoms with van der Waals surface area (Å²) in [5.41, 5.74) is 3.88. The lowest BCUT2D eigenvalue weighted by Gasteiger charge is -2.07. The van der Waals surface area contributed by atoms with Crippen molar-refractivity contribution in [2.45, 2.75) is 0 Å². The zero-order chi connectivity index (χ0) is 14.8. The molecule has 0 aliphatic carbocycles. The van der Waals surface area contributed by atoms with Crippen LogP contribution in [0.2, 0.25) is 5.02 Å². The fourth-order valence-corrected chi connectivity index (χ4v) is 2.37. The van der Waals surface area contributed by atoms with E-state index in [9.17, 15) is 4.79 Å². The smallest absolute Gasteiger partial charge is 0.150 e. The van der Waals surface area contributed by atoms with E-state index in [1.165, 1.54) is 0 Å². The number of halogens is 1. The summed E-state index contributed by atoms with van der Waals surface area (Å²) in [4.78, 5) is 15.5. The van der Waals surface area contributed by atoms with Crippen molar-refractivity contribution in [1.29, 1.82) is 0 Å².